The van der Waals surface area contributed by atoms with E-state index in [4.69, 9.17) is 4.74 Å². The Morgan fingerprint density at radius 2 is 1.64 bits per heavy atom. The zero-order valence-corrected chi connectivity index (χ0v) is 12.6. The number of methoxy groups -OCH3 is 1. The number of hydrogen-bond donors (Lipinski definition) is 2. The second-order valence-corrected chi connectivity index (χ2v) is 4.79. The van der Waals surface area contributed by atoms with Crippen molar-refractivity contribution in [2.24, 2.45) is 0 Å². The molecule has 0 spiro atoms. The van der Waals surface area contributed by atoms with Gasteiger partial charge in [0.05, 0.1) is 7.11 Å². The van der Waals surface area contributed by atoms with Gasteiger partial charge in [-0.1, -0.05) is 12.1 Å². The van der Waals surface area contributed by atoms with E-state index in [-0.39, 0.29) is 11.8 Å². The highest BCUT2D eigenvalue weighted by Crippen LogP contribution is 2.12. The molecule has 0 aliphatic heterocycles. The maximum absolute atomic E-state index is 12.1. The summed E-state index contributed by atoms with van der Waals surface area (Å²) in [4.78, 5) is 23.0. The molecule has 0 unspecified atom stereocenters. The average molecular weight is 298 g/mol. The predicted molar refractivity (Wildman–Crippen MR) is 84.9 cm³/mol. The topological polar surface area (TPSA) is 67.4 Å². The van der Waals surface area contributed by atoms with Gasteiger partial charge in [0, 0.05) is 24.7 Å². The van der Waals surface area contributed by atoms with Crippen LogP contribution in [0.2, 0.25) is 0 Å². The van der Waals surface area contributed by atoms with Crippen molar-refractivity contribution < 1.29 is 14.3 Å². The molecule has 0 saturated carbocycles. The summed E-state index contributed by atoms with van der Waals surface area (Å²) in [5.74, 6) is 0.477. The van der Waals surface area contributed by atoms with Gasteiger partial charge in [-0.2, -0.15) is 0 Å². The number of nitrogens with one attached hydrogen (secondary N) is 2. The lowest BCUT2D eigenvalue weighted by atomic mass is 10.1. The van der Waals surface area contributed by atoms with Crippen molar-refractivity contribution in [1.82, 2.24) is 5.32 Å². The number of carbonyl (C=O) groups excluding carboxylic acids is 2. The summed E-state index contributed by atoms with van der Waals surface area (Å²) in [5, 5.41) is 5.50. The van der Waals surface area contributed by atoms with Gasteiger partial charge in [-0.15, -0.1) is 0 Å². The molecule has 0 radical (unpaired) electrons. The van der Waals surface area contributed by atoms with E-state index < -0.39 is 0 Å². The van der Waals surface area contributed by atoms with Crippen LogP contribution in [-0.2, 0) is 11.3 Å². The van der Waals surface area contributed by atoms with Crippen molar-refractivity contribution in [3.8, 4) is 5.75 Å². The van der Waals surface area contributed by atoms with Crippen LogP contribution in [0.1, 0.15) is 22.8 Å². The van der Waals surface area contributed by atoms with E-state index in [0.717, 1.165) is 11.3 Å². The van der Waals surface area contributed by atoms with Crippen molar-refractivity contribution in [2.75, 3.05) is 12.4 Å². The number of carbonyl (C=O) groups is 2. The van der Waals surface area contributed by atoms with Crippen LogP contribution in [0.4, 0.5) is 5.69 Å². The molecule has 0 aromatic heterocycles. The predicted octanol–water partition coefficient (Wildman–Crippen LogP) is 2.58. The third-order valence-corrected chi connectivity index (χ3v) is 3.08. The Balaban J connectivity index is 1.92. The largest absolute Gasteiger partial charge is 0.497 e. The van der Waals surface area contributed by atoms with E-state index in [0.29, 0.717) is 17.8 Å². The highest BCUT2D eigenvalue weighted by Gasteiger charge is 2.05. The summed E-state index contributed by atoms with van der Waals surface area (Å²) >= 11 is 0. The number of rotatable bonds is 5. The van der Waals surface area contributed by atoms with Crippen LogP contribution < -0.4 is 15.4 Å². The van der Waals surface area contributed by atoms with E-state index in [1.165, 1.54) is 6.92 Å². The first-order valence-corrected chi connectivity index (χ1v) is 6.87. The fraction of sp³-hybridized carbons (Fsp3) is 0.176. The molecule has 5 nitrogen and oxygen atoms in total. The van der Waals surface area contributed by atoms with Crippen LogP contribution in [-0.4, -0.2) is 18.9 Å². The normalized spacial score (nSPS) is 9.91. The van der Waals surface area contributed by atoms with Crippen LogP contribution in [0.3, 0.4) is 0 Å². The average Bonchev–Trinajstić information content (AvgIpc) is 2.53. The Bertz CT molecular complexity index is 649. The molecule has 2 rings (SSSR count). The Morgan fingerprint density at radius 3 is 2.18 bits per heavy atom. The van der Waals surface area contributed by atoms with Gasteiger partial charge in [0.2, 0.25) is 5.91 Å². The summed E-state index contributed by atoms with van der Waals surface area (Å²) < 4.78 is 5.09. The Hall–Kier alpha value is -2.82. The molecule has 0 aliphatic carbocycles. The molecule has 0 aliphatic rings. The molecular weight excluding hydrogens is 280 g/mol. The maximum atomic E-state index is 12.1. The number of amides is 2. The van der Waals surface area contributed by atoms with E-state index in [1.807, 2.05) is 24.3 Å². The molecular formula is C17H18N2O3. The van der Waals surface area contributed by atoms with Crippen LogP contribution >= 0.6 is 0 Å². The molecule has 0 saturated heterocycles. The molecule has 5 heteroatoms. The van der Waals surface area contributed by atoms with Gasteiger partial charge in [-0.25, -0.2) is 0 Å². The SMILES string of the molecule is COc1ccc(CNC(=O)c2ccc(NC(C)=O)cc2)cc1. The van der Waals surface area contributed by atoms with Crippen LogP contribution in [0, 0.1) is 0 Å². The molecule has 2 aromatic carbocycles. The zero-order chi connectivity index (χ0) is 15.9. The van der Waals surface area contributed by atoms with Gasteiger partial charge in [0.15, 0.2) is 0 Å². The number of anilines is 1. The molecule has 2 amide bonds. The van der Waals surface area contributed by atoms with E-state index in [2.05, 4.69) is 10.6 Å². The third-order valence-electron chi connectivity index (χ3n) is 3.08. The van der Waals surface area contributed by atoms with Crippen LogP contribution in [0.25, 0.3) is 0 Å². The van der Waals surface area contributed by atoms with Crippen molar-refractivity contribution in [3.05, 3.63) is 59.7 Å². The molecule has 0 bridgehead atoms. The van der Waals surface area contributed by atoms with Gasteiger partial charge in [0.1, 0.15) is 5.75 Å². The third kappa shape index (κ3) is 4.34. The van der Waals surface area contributed by atoms with Crippen molar-refractivity contribution in [2.45, 2.75) is 13.5 Å². The lowest BCUT2D eigenvalue weighted by molar-refractivity contribution is -0.114. The minimum absolute atomic E-state index is 0.142. The van der Waals surface area contributed by atoms with Gasteiger partial charge < -0.3 is 15.4 Å². The second kappa shape index (κ2) is 7.26. The summed E-state index contributed by atoms with van der Waals surface area (Å²) in [7, 11) is 1.61. The van der Waals surface area contributed by atoms with Crippen LogP contribution in [0.5, 0.6) is 5.75 Å². The fourth-order valence-corrected chi connectivity index (χ4v) is 1.94. The molecule has 114 valence electrons. The van der Waals surface area contributed by atoms with E-state index >= 15 is 0 Å². The molecule has 2 aromatic rings. The highest BCUT2D eigenvalue weighted by molar-refractivity contribution is 5.95. The summed E-state index contributed by atoms with van der Waals surface area (Å²) in [6.07, 6.45) is 0. The fourth-order valence-electron chi connectivity index (χ4n) is 1.94. The van der Waals surface area contributed by atoms with Crippen molar-refractivity contribution in [3.63, 3.8) is 0 Å². The molecule has 0 atom stereocenters. The lowest BCUT2D eigenvalue weighted by Crippen LogP contribution is -2.22. The number of ether oxygens (including phenoxy) is 1. The van der Waals surface area contributed by atoms with Gasteiger partial charge >= 0.3 is 0 Å². The van der Waals surface area contributed by atoms with Crippen LogP contribution in [0.15, 0.2) is 48.5 Å². The van der Waals surface area contributed by atoms with E-state index in [1.54, 1.807) is 31.4 Å². The minimum Gasteiger partial charge on any atom is -0.497 e. The quantitative estimate of drug-likeness (QED) is 0.891. The summed E-state index contributed by atoms with van der Waals surface area (Å²) in [6, 6.07) is 14.3. The monoisotopic (exact) mass is 298 g/mol. The first kappa shape index (κ1) is 15.6. The highest BCUT2D eigenvalue weighted by atomic mass is 16.5. The lowest BCUT2D eigenvalue weighted by Gasteiger charge is -2.07. The summed E-state index contributed by atoms with van der Waals surface area (Å²) in [5.41, 5.74) is 2.20. The van der Waals surface area contributed by atoms with Crippen molar-refractivity contribution >= 4 is 17.5 Å². The molecule has 0 fully saturated rings. The molecule has 0 heterocycles. The standard InChI is InChI=1S/C17H18N2O3/c1-12(20)19-15-7-5-14(6-8-15)17(21)18-11-13-3-9-16(22-2)10-4-13/h3-10H,11H2,1-2H3,(H,18,21)(H,19,20). The first-order chi connectivity index (χ1) is 10.6. The number of hydrogen-bond acceptors (Lipinski definition) is 3. The molecule has 22 heavy (non-hydrogen) atoms. The van der Waals surface area contributed by atoms with Gasteiger partial charge in [-0.05, 0) is 42.0 Å². The van der Waals surface area contributed by atoms with Gasteiger partial charge in [0.25, 0.3) is 5.91 Å². The Kier molecular flexibility index (Phi) is 5.14. The maximum Gasteiger partial charge on any atom is 0.251 e. The Morgan fingerprint density at radius 1 is 1.00 bits per heavy atom. The number of benzene rings is 2. The summed E-state index contributed by atoms with van der Waals surface area (Å²) in [6.45, 7) is 1.88. The van der Waals surface area contributed by atoms with E-state index in [9.17, 15) is 9.59 Å². The smallest absolute Gasteiger partial charge is 0.251 e. The minimum atomic E-state index is -0.162. The van der Waals surface area contributed by atoms with Gasteiger partial charge in [-0.3, -0.25) is 9.59 Å². The Labute approximate surface area is 129 Å². The first-order valence-electron chi connectivity index (χ1n) is 6.87. The zero-order valence-electron chi connectivity index (χ0n) is 12.6. The second-order valence-electron chi connectivity index (χ2n) is 4.79. The molecule has 2 N–H and O–H groups in total. The van der Waals surface area contributed by atoms with Crippen molar-refractivity contribution in [1.29, 1.82) is 0 Å².